The number of hydrogen-bond acceptors (Lipinski definition) is 7. The maximum absolute atomic E-state index is 13.6. The third-order valence-electron chi connectivity index (χ3n) is 6.38. The maximum atomic E-state index is 13.6. The Morgan fingerprint density at radius 2 is 1.84 bits per heavy atom. The molecule has 1 aromatic heterocycles. The molecule has 2 N–H and O–H groups in total. The molecule has 7 nitrogen and oxygen atoms in total. The quantitative estimate of drug-likeness (QED) is 0.619. The number of hydrogen-bond donors (Lipinski definition) is 2. The summed E-state index contributed by atoms with van der Waals surface area (Å²) in [6.07, 6.45) is 0.876. The Morgan fingerprint density at radius 1 is 1.06 bits per heavy atom. The Balaban J connectivity index is 1.68. The van der Waals surface area contributed by atoms with Crippen LogP contribution in [0.2, 0.25) is 0 Å². The molecule has 2 heterocycles. The number of Topliss-reactive ketones (excluding diaryl/α,β-unsaturated/α-hetero) is 1. The number of benzene rings is 2. The molecular weight excluding hydrogens is 408 g/mol. The van der Waals surface area contributed by atoms with Crippen molar-refractivity contribution in [2.45, 2.75) is 31.6 Å². The van der Waals surface area contributed by atoms with Crippen LogP contribution in [0.25, 0.3) is 0 Å². The number of ketones is 1. The molecule has 1 aliphatic carbocycles. The highest BCUT2D eigenvalue weighted by Crippen LogP contribution is 2.52. The van der Waals surface area contributed by atoms with Crippen molar-refractivity contribution >= 4 is 11.7 Å². The molecule has 2 unspecified atom stereocenters. The van der Waals surface area contributed by atoms with Gasteiger partial charge in [0.25, 0.3) is 0 Å². The smallest absolute Gasteiger partial charge is 0.233 e. The average molecular weight is 432 g/mol. The lowest BCUT2D eigenvalue weighted by molar-refractivity contribution is -0.116. The molecule has 2 aliphatic rings. The number of fused-ring (bicyclic) bond motifs is 1. The van der Waals surface area contributed by atoms with Crippen LogP contribution in [-0.2, 0) is 4.79 Å². The van der Waals surface area contributed by atoms with Crippen molar-refractivity contribution in [3.63, 3.8) is 0 Å². The monoisotopic (exact) mass is 432 g/mol. The van der Waals surface area contributed by atoms with Gasteiger partial charge in [-0.15, -0.1) is 0 Å². The van der Waals surface area contributed by atoms with Crippen molar-refractivity contribution in [3.8, 4) is 17.2 Å². The number of anilines is 1. The molecule has 164 valence electrons. The second kappa shape index (κ2) is 7.75. The number of phenols is 1. The second-order valence-corrected chi connectivity index (χ2v) is 8.13. The fraction of sp³-hybridized carbons (Fsp3) is 0.280. The number of carbonyl (C=O) groups is 1. The maximum Gasteiger partial charge on any atom is 0.233 e. The summed E-state index contributed by atoms with van der Waals surface area (Å²) in [5.41, 5.74) is 4.59. The van der Waals surface area contributed by atoms with Gasteiger partial charge in [0.2, 0.25) is 5.88 Å². The largest absolute Gasteiger partial charge is 0.508 e. The van der Waals surface area contributed by atoms with Crippen molar-refractivity contribution < 1.29 is 23.9 Å². The summed E-state index contributed by atoms with van der Waals surface area (Å²) in [7, 11) is 3.18. The lowest BCUT2D eigenvalue weighted by Crippen LogP contribution is -2.29. The fourth-order valence-corrected chi connectivity index (χ4v) is 4.98. The summed E-state index contributed by atoms with van der Waals surface area (Å²) in [5.74, 6) is 1.40. The summed E-state index contributed by atoms with van der Waals surface area (Å²) in [6, 6.07) is 12.8. The van der Waals surface area contributed by atoms with Crippen LogP contribution in [0, 0.1) is 6.92 Å². The van der Waals surface area contributed by atoms with Crippen LogP contribution in [0.4, 0.5) is 5.88 Å². The summed E-state index contributed by atoms with van der Waals surface area (Å²) in [5, 5.41) is 17.8. The standard InChI is InChI=1S/C25H24N2O5/c1-13-21-22(16-8-6-10-20(30-2)24(16)31-3)23-17(26-25(21)32-27-13)11-14(12-19(23)29)15-7-4-5-9-18(15)28/h4-10,14,22,26,28H,11-12H2,1-3H3. The van der Waals surface area contributed by atoms with Gasteiger partial charge >= 0.3 is 0 Å². The van der Waals surface area contributed by atoms with E-state index in [1.54, 1.807) is 26.4 Å². The number of para-hydroxylation sites is 2. The van der Waals surface area contributed by atoms with Crippen LogP contribution in [-0.4, -0.2) is 30.3 Å². The van der Waals surface area contributed by atoms with E-state index in [1.165, 1.54) is 0 Å². The Labute approximate surface area is 185 Å². The Bertz CT molecular complexity index is 1240. The minimum absolute atomic E-state index is 0.0214. The van der Waals surface area contributed by atoms with Gasteiger partial charge in [0.05, 0.1) is 31.4 Å². The van der Waals surface area contributed by atoms with Gasteiger partial charge in [-0.05, 0) is 31.0 Å². The van der Waals surface area contributed by atoms with Gasteiger partial charge in [0, 0.05) is 29.2 Å². The van der Waals surface area contributed by atoms with Crippen LogP contribution < -0.4 is 14.8 Å². The van der Waals surface area contributed by atoms with E-state index in [9.17, 15) is 9.90 Å². The Hall–Kier alpha value is -3.74. The van der Waals surface area contributed by atoms with E-state index in [0.717, 1.165) is 22.4 Å². The van der Waals surface area contributed by atoms with Crippen molar-refractivity contribution in [3.05, 3.63) is 76.1 Å². The summed E-state index contributed by atoms with van der Waals surface area (Å²) in [6.45, 7) is 1.87. The van der Waals surface area contributed by atoms with Crippen molar-refractivity contribution in [2.75, 3.05) is 19.5 Å². The number of allylic oxidation sites excluding steroid dienone is 2. The first-order chi connectivity index (χ1) is 15.5. The van der Waals surface area contributed by atoms with E-state index in [0.29, 0.717) is 41.5 Å². The number of aryl methyl sites for hydroxylation is 1. The van der Waals surface area contributed by atoms with Gasteiger partial charge in [0.1, 0.15) is 5.75 Å². The van der Waals surface area contributed by atoms with Crippen LogP contribution in [0.1, 0.15) is 47.1 Å². The number of aromatic hydroxyl groups is 1. The van der Waals surface area contributed by atoms with Crippen LogP contribution >= 0.6 is 0 Å². The first-order valence-electron chi connectivity index (χ1n) is 10.5. The summed E-state index contributed by atoms with van der Waals surface area (Å²) >= 11 is 0. The molecule has 0 radical (unpaired) electrons. The lowest BCUT2D eigenvalue weighted by Gasteiger charge is -2.35. The normalized spacial score (nSPS) is 19.8. The predicted molar refractivity (Wildman–Crippen MR) is 118 cm³/mol. The van der Waals surface area contributed by atoms with Crippen LogP contribution in [0.15, 0.2) is 58.3 Å². The molecule has 3 aromatic rings. The molecule has 0 amide bonds. The van der Waals surface area contributed by atoms with Crippen LogP contribution in [0.3, 0.4) is 0 Å². The lowest BCUT2D eigenvalue weighted by atomic mass is 9.72. The topological polar surface area (TPSA) is 93.8 Å². The zero-order valence-electron chi connectivity index (χ0n) is 18.1. The number of nitrogens with one attached hydrogen (secondary N) is 1. The molecule has 0 bridgehead atoms. The highest BCUT2D eigenvalue weighted by atomic mass is 16.5. The number of methoxy groups -OCH3 is 2. The number of rotatable bonds is 4. The van der Waals surface area contributed by atoms with E-state index in [4.69, 9.17) is 14.0 Å². The third kappa shape index (κ3) is 3.04. The highest BCUT2D eigenvalue weighted by Gasteiger charge is 2.42. The van der Waals surface area contributed by atoms with E-state index in [1.807, 2.05) is 37.3 Å². The number of nitrogens with zero attached hydrogens (tertiary/aromatic N) is 1. The molecule has 0 fully saturated rings. The van der Waals surface area contributed by atoms with Gasteiger partial charge in [-0.25, -0.2) is 0 Å². The highest BCUT2D eigenvalue weighted by molar-refractivity contribution is 6.02. The number of aromatic nitrogens is 1. The van der Waals surface area contributed by atoms with E-state index < -0.39 is 5.92 Å². The van der Waals surface area contributed by atoms with Gasteiger partial charge in [0.15, 0.2) is 17.3 Å². The molecule has 0 saturated heterocycles. The molecule has 7 heteroatoms. The van der Waals surface area contributed by atoms with Crippen molar-refractivity contribution in [1.82, 2.24) is 5.16 Å². The second-order valence-electron chi connectivity index (χ2n) is 8.13. The molecule has 1 aliphatic heterocycles. The molecule has 5 rings (SSSR count). The van der Waals surface area contributed by atoms with Crippen molar-refractivity contribution in [2.24, 2.45) is 0 Å². The van der Waals surface area contributed by atoms with Crippen LogP contribution in [0.5, 0.6) is 17.2 Å². The fourth-order valence-electron chi connectivity index (χ4n) is 4.98. The molecule has 0 spiro atoms. The summed E-state index contributed by atoms with van der Waals surface area (Å²) in [4.78, 5) is 13.6. The van der Waals surface area contributed by atoms with E-state index >= 15 is 0 Å². The summed E-state index contributed by atoms with van der Waals surface area (Å²) < 4.78 is 16.8. The Kier molecular flexibility index (Phi) is 4.89. The molecule has 2 aromatic carbocycles. The molecule has 0 saturated carbocycles. The first-order valence-corrected chi connectivity index (χ1v) is 10.5. The van der Waals surface area contributed by atoms with Crippen molar-refractivity contribution in [1.29, 1.82) is 0 Å². The molecule has 2 atom stereocenters. The predicted octanol–water partition coefficient (Wildman–Crippen LogP) is 4.66. The zero-order chi connectivity index (χ0) is 22.4. The minimum Gasteiger partial charge on any atom is -0.508 e. The number of phenolic OH excluding ortho intramolecular Hbond substituents is 1. The van der Waals surface area contributed by atoms with Gasteiger partial charge in [-0.1, -0.05) is 35.5 Å². The Morgan fingerprint density at radius 3 is 2.59 bits per heavy atom. The number of ether oxygens (including phenoxy) is 2. The zero-order valence-corrected chi connectivity index (χ0v) is 18.1. The first kappa shape index (κ1) is 20.2. The molecular formula is C25H24N2O5. The van der Waals surface area contributed by atoms with Gasteiger partial charge < -0.3 is 24.4 Å². The SMILES string of the molecule is COc1cccc(C2C3=C(CC(c4ccccc4O)CC3=O)Nc3onc(C)c32)c1OC. The van der Waals surface area contributed by atoms with Gasteiger partial charge in [-0.3, -0.25) is 4.79 Å². The minimum atomic E-state index is -0.393. The van der Waals surface area contributed by atoms with E-state index in [-0.39, 0.29) is 17.5 Å². The van der Waals surface area contributed by atoms with Gasteiger partial charge in [-0.2, -0.15) is 0 Å². The molecule has 32 heavy (non-hydrogen) atoms. The number of carbonyl (C=O) groups excluding carboxylic acids is 1. The van der Waals surface area contributed by atoms with E-state index in [2.05, 4.69) is 10.5 Å². The third-order valence-corrected chi connectivity index (χ3v) is 6.38. The average Bonchev–Trinajstić information content (AvgIpc) is 3.17.